The quantitative estimate of drug-likeness (QED) is 0.876. The molecule has 0 saturated heterocycles. The van der Waals surface area contributed by atoms with Crippen LogP contribution in [-0.2, 0) is 0 Å². The number of hydrogen-bond donors (Lipinski definition) is 1. The van der Waals surface area contributed by atoms with E-state index in [-0.39, 0.29) is 6.10 Å². The van der Waals surface area contributed by atoms with Crippen LogP contribution in [0.2, 0.25) is 0 Å². The molecule has 0 radical (unpaired) electrons. The minimum absolute atomic E-state index is 0.347. The molecule has 2 heteroatoms. The Bertz CT molecular complexity index is 553. The van der Waals surface area contributed by atoms with Gasteiger partial charge in [-0.05, 0) is 42.4 Å². The fourth-order valence-corrected chi connectivity index (χ4v) is 3.23. The number of hydrogen-bond acceptors (Lipinski definition) is 2. The molecular weight excluding hydrogens is 234 g/mol. The largest absolute Gasteiger partial charge is 0.388 e. The van der Waals surface area contributed by atoms with Crippen molar-refractivity contribution in [3.63, 3.8) is 0 Å². The summed E-state index contributed by atoms with van der Waals surface area (Å²) in [6, 6.07) is 10.1. The number of pyridine rings is 1. The van der Waals surface area contributed by atoms with E-state index in [1.165, 1.54) is 12.8 Å². The lowest BCUT2D eigenvalue weighted by molar-refractivity contribution is 0.0767. The first kappa shape index (κ1) is 12.6. The molecule has 0 spiro atoms. The lowest BCUT2D eigenvalue weighted by Gasteiger charge is -2.30. The molecule has 100 valence electrons. The summed E-state index contributed by atoms with van der Waals surface area (Å²) in [5.41, 5.74) is 2.02. The van der Waals surface area contributed by atoms with Crippen molar-refractivity contribution in [3.8, 4) is 0 Å². The fraction of sp³-hybridized carbons (Fsp3) is 0.471. The lowest BCUT2D eigenvalue weighted by atomic mass is 9.78. The van der Waals surface area contributed by atoms with Crippen LogP contribution >= 0.6 is 0 Å². The topological polar surface area (TPSA) is 33.1 Å². The van der Waals surface area contributed by atoms with Crippen molar-refractivity contribution in [2.24, 2.45) is 11.8 Å². The molecule has 1 unspecified atom stereocenters. The van der Waals surface area contributed by atoms with E-state index in [1.807, 2.05) is 30.5 Å². The summed E-state index contributed by atoms with van der Waals surface area (Å²) in [6.45, 7) is 2.31. The van der Waals surface area contributed by atoms with Gasteiger partial charge in [0.15, 0.2) is 0 Å². The maximum Gasteiger partial charge on any atom is 0.0825 e. The van der Waals surface area contributed by atoms with Gasteiger partial charge in [-0.3, -0.25) is 4.98 Å². The molecule has 0 amide bonds. The standard InChI is InChI=1S/C17H21NO/c1-12-6-8-13(9-7-12)17(19)15-10-11-18-16-5-3-2-4-14(15)16/h2-5,10-13,17,19H,6-9H2,1H3. The molecule has 1 atom stereocenters. The number of aromatic nitrogens is 1. The number of aliphatic hydroxyl groups is 1. The van der Waals surface area contributed by atoms with Gasteiger partial charge in [0.05, 0.1) is 11.6 Å². The normalized spacial score (nSPS) is 25.4. The van der Waals surface area contributed by atoms with Crippen molar-refractivity contribution >= 4 is 10.9 Å². The highest BCUT2D eigenvalue weighted by molar-refractivity contribution is 5.82. The van der Waals surface area contributed by atoms with Crippen LogP contribution in [0.5, 0.6) is 0 Å². The lowest BCUT2D eigenvalue weighted by Crippen LogP contribution is -2.19. The van der Waals surface area contributed by atoms with E-state index in [9.17, 15) is 5.11 Å². The van der Waals surface area contributed by atoms with Gasteiger partial charge in [0.1, 0.15) is 0 Å². The number of aliphatic hydroxyl groups excluding tert-OH is 1. The van der Waals surface area contributed by atoms with Gasteiger partial charge >= 0.3 is 0 Å². The number of nitrogens with zero attached hydrogens (tertiary/aromatic N) is 1. The molecule has 1 N–H and O–H groups in total. The second-order valence-corrected chi connectivity index (χ2v) is 5.88. The Kier molecular flexibility index (Phi) is 3.52. The molecule has 2 nitrogen and oxygen atoms in total. The van der Waals surface area contributed by atoms with Gasteiger partial charge in [0.2, 0.25) is 0 Å². The van der Waals surface area contributed by atoms with Crippen LogP contribution in [0.25, 0.3) is 10.9 Å². The monoisotopic (exact) mass is 255 g/mol. The van der Waals surface area contributed by atoms with Gasteiger partial charge in [-0.15, -0.1) is 0 Å². The third kappa shape index (κ3) is 2.50. The number of para-hydroxylation sites is 1. The average Bonchev–Trinajstić information content (AvgIpc) is 2.47. The van der Waals surface area contributed by atoms with Crippen molar-refractivity contribution in [1.82, 2.24) is 4.98 Å². The zero-order chi connectivity index (χ0) is 13.2. The summed E-state index contributed by atoms with van der Waals surface area (Å²) >= 11 is 0. The molecule has 1 aromatic heterocycles. The van der Waals surface area contributed by atoms with E-state index in [4.69, 9.17) is 0 Å². The smallest absolute Gasteiger partial charge is 0.0825 e. The predicted molar refractivity (Wildman–Crippen MR) is 77.8 cm³/mol. The van der Waals surface area contributed by atoms with Crippen LogP contribution in [0, 0.1) is 11.8 Å². The minimum Gasteiger partial charge on any atom is -0.388 e. The van der Waals surface area contributed by atoms with Gasteiger partial charge in [-0.25, -0.2) is 0 Å². The second-order valence-electron chi connectivity index (χ2n) is 5.88. The van der Waals surface area contributed by atoms with E-state index in [1.54, 1.807) is 0 Å². The maximum absolute atomic E-state index is 10.7. The molecule has 1 saturated carbocycles. The van der Waals surface area contributed by atoms with Gasteiger partial charge < -0.3 is 5.11 Å². The summed E-state index contributed by atoms with van der Waals surface area (Å²) in [6.07, 6.45) is 6.22. The van der Waals surface area contributed by atoms with Gasteiger partial charge in [-0.2, -0.15) is 0 Å². The van der Waals surface area contributed by atoms with Crippen LogP contribution in [-0.4, -0.2) is 10.1 Å². The number of benzene rings is 1. The van der Waals surface area contributed by atoms with Crippen LogP contribution in [0.4, 0.5) is 0 Å². The van der Waals surface area contributed by atoms with Crippen molar-refractivity contribution in [1.29, 1.82) is 0 Å². The van der Waals surface area contributed by atoms with Crippen molar-refractivity contribution < 1.29 is 5.11 Å². The van der Waals surface area contributed by atoms with E-state index in [0.717, 1.165) is 35.2 Å². The van der Waals surface area contributed by atoms with Crippen LogP contribution in [0.3, 0.4) is 0 Å². The molecule has 1 aliphatic rings. The van der Waals surface area contributed by atoms with E-state index >= 15 is 0 Å². The Morgan fingerprint density at radius 1 is 1.11 bits per heavy atom. The van der Waals surface area contributed by atoms with Crippen molar-refractivity contribution in [3.05, 3.63) is 42.1 Å². The first-order chi connectivity index (χ1) is 9.25. The number of rotatable bonds is 2. The average molecular weight is 255 g/mol. The molecule has 0 bridgehead atoms. The number of fused-ring (bicyclic) bond motifs is 1. The van der Waals surface area contributed by atoms with Crippen molar-refractivity contribution in [2.75, 3.05) is 0 Å². The zero-order valence-corrected chi connectivity index (χ0v) is 11.4. The molecule has 1 aliphatic carbocycles. The first-order valence-electron chi connectivity index (χ1n) is 7.27. The van der Waals surface area contributed by atoms with Gasteiger partial charge in [0.25, 0.3) is 0 Å². The molecule has 1 fully saturated rings. The van der Waals surface area contributed by atoms with E-state index in [0.29, 0.717) is 5.92 Å². The summed E-state index contributed by atoms with van der Waals surface area (Å²) in [5, 5.41) is 11.8. The molecule has 1 heterocycles. The molecule has 1 aromatic carbocycles. The molecular formula is C17H21NO. The summed E-state index contributed by atoms with van der Waals surface area (Å²) in [5.74, 6) is 1.22. The van der Waals surface area contributed by atoms with Crippen LogP contribution < -0.4 is 0 Å². The van der Waals surface area contributed by atoms with Crippen LogP contribution in [0.1, 0.15) is 44.3 Å². The van der Waals surface area contributed by atoms with Gasteiger partial charge in [-0.1, -0.05) is 38.0 Å². The minimum atomic E-state index is -0.347. The van der Waals surface area contributed by atoms with Crippen molar-refractivity contribution in [2.45, 2.75) is 38.7 Å². The molecule has 2 aromatic rings. The van der Waals surface area contributed by atoms with E-state index < -0.39 is 0 Å². The SMILES string of the molecule is CC1CCC(C(O)c2ccnc3ccccc23)CC1. The summed E-state index contributed by atoms with van der Waals surface area (Å²) in [7, 11) is 0. The third-order valence-corrected chi connectivity index (χ3v) is 4.51. The zero-order valence-electron chi connectivity index (χ0n) is 11.4. The second kappa shape index (κ2) is 5.30. The predicted octanol–water partition coefficient (Wildman–Crippen LogP) is 4.09. The Morgan fingerprint density at radius 3 is 2.63 bits per heavy atom. The Labute approximate surface area is 114 Å². The summed E-state index contributed by atoms with van der Waals surface area (Å²) in [4.78, 5) is 4.37. The third-order valence-electron chi connectivity index (χ3n) is 4.51. The summed E-state index contributed by atoms with van der Waals surface area (Å²) < 4.78 is 0. The molecule has 3 rings (SSSR count). The fourth-order valence-electron chi connectivity index (χ4n) is 3.23. The molecule has 19 heavy (non-hydrogen) atoms. The highest BCUT2D eigenvalue weighted by Gasteiger charge is 2.26. The molecule has 0 aliphatic heterocycles. The Hall–Kier alpha value is -1.41. The first-order valence-corrected chi connectivity index (χ1v) is 7.27. The Balaban J connectivity index is 1.91. The highest BCUT2D eigenvalue weighted by Crippen LogP contribution is 2.38. The highest BCUT2D eigenvalue weighted by atomic mass is 16.3. The maximum atomic E-state index is 10.7. The van der Waals surface area contributed by atoms with Gasteiger partial charge in [0, 0.05) is 11.6 Å². The van der Waals surface area contributed by atoms with Crippen LogP contribution in [0.15, 0.2) is 36.5 Å². The Morgan fingerprint density at radius 2 is 1.84 bits per heavy atom. The van der Waals surface area contributed by atoms with E-state index in [2.05, 4.69) is 18.0 Å².